The average molecular weight is 299 g/mol. The predicted molar refractivity (Wildman–Crippen MR) is 90.1 cm³/mol. The van der Waals surface area contributed by atoms with E-state index in [1.54, 1.807) is 0 Å². The molecular weight excluding hydrogens is 274 g/mol. The number of hydrogen-bond donors (Lipinski definition) is 1. The van der Waals surface area contributed by atoms with Crippen molar-refractivity contribution >= 4 is 5.91 Å². The van der Waals surface area contributed by atoms with E-state index in [1.807, 2.05) is 43.9 Å². The Morgan fingerprint density at radius 1 is 1.23 bits per heavy atom. The van der Waals surface area contributed by atoms with Gasteiger partial charge >= 0.3 is 0 Å². The van der Waals surface area contributed by atoms with Crippen molar-refractivity contribution in [1.29, 1.82) is 0 Å². The largest absolute Gasteiger partial charge is 0.346 e. The zero-order valence-electron chi connectivity index (χ0n) is 14.2. The van der Waals surface area contributed by atoms with Crippen LogP contribution in [0.3, 0.4) is 0 Å². The Hall–Kier alpha value is -2.10. The van der Waals surface area contributed by atoms with Crippen molar-refractivity contribution in [3.63, 3.8) is 0 Å². The first-order valence-electron chi connectivity index (χ1n) is 7.91. The zero-order chi connectivity index (χ0) is 16.3. The molecule has 0 aliphatic carbocycles. The molecule has 1 amide bonds. The van der Waals surface area contributed by atoms with Crippen LogP contribution in [-0.4, -0.2) is 33.9 Å². The van der Waals surface area contributed by atoms with Crippen LogP contribution in [0.5, 0.6) is 0 Å². The number of benzene rings is 1. The lowest BCUT2D eigenvalue weighted by molar-refractivity contribution is 0.0764. The molecule has 118 valence electrons. The van der Waals surface area contributed by atoms with Gasteiger partial charge in [-0.1, -0.05) is 13.0 Å². The highest BCUT2D eigenvalue weighted by molar-refractivity contribution is 5.95. The highest BCUT2D eigenvalue weighted by Gasteiger charge is 2.16. The molecule has 0 saturated carbocycles. The van der Waals surface area contributed by atoms with Gasteiger partial charge < -0.3 is 9.88 Å². The number of nitrogens with zero attached hydrogens (tertiary/aromatic N) is 2. The van der Waals surface area contributed by atoms with Gasteiger partial charge in [0.1, 0.15) is 5.82 Å². The summed E-state index contributed by atoms with van der Waals surface area (Å²) in [7, 11) is 0. The lowest BCUT2D eigenvalue weighted by Gasteiger charge is -2.20. The summed E-state index contributed by atoms with van der Waals surface area (Å²) in [6, 6.07) is 5.89. The number of rotatable bonds is 5. The van der Waals surface area contributed by atoms with E-state index in [-0.39, 0.29) is 5.91 Å². The fourth-order valence-corrected chi connectivity index (χ4v) is 2.74. The first kappa shape index (κ1) is 16.3. The van der Waals surface area contributed by atoms with Crippen molar-refractivity contribution in [1.82, 2.24) is 14.9 Å². The van der Waals surface area contributed by atoms with E-state index in [9.17, 15) is 4.79 Å². The number of hydrogen-bond acceptors (Lipinski definition) is 2. The Morgan fingerprint density at radius 2 is 1.95 bits per heavy atom. The Kier molecular flexibility index (Phi) is 5.01. The molecule has 2 rings (SSSR count). The minimum absolute atomic E-state index is 0.0931. The summed E-state index contributed by atoms with van der Waals surface area (Å²) in [5.74, 6) is 0.986. The van der Waals surface area contributed by atoms with Gasteiger partial charge in [-0.25, -0.2) is 4.98 Å². The topological polar surface area (TPSA) is 49.0 Å². The van der Waals surface area contributed by atoms with E-state index in [1.165, 1.54) is 0 Å². The highest BCUT2D eigenvalue weighted by atomic mass is 16.2. The SMILES string of the molecule is CCCN(CC)C(=O)c1ccc(C)c(-c2nc(C)[nH]c2C)c1. The van der Waals surface area contributed by atoms with E-state index < -0.39 is 0 Å². The lowest BCUT2D eigenvalue weighted by atomic mass is 10.0. The van der Waals surface area contributed by atoms with Crippen molar-refractivity contribution < 1.29 is 4.79 Å². The molecule has 0 unspecified atom stereocenters. The van der Waals surface area contributed by atoms with Crippen LogP contribution in [0.1, 0.15) is 47.7 Å². The lowest BCUT2D eigenvalue weighted by Crippen LogP contribution is -2.31. The van der Waals surface area contributed by atoms with Crippen molar-refractivity contribution in [2.24, 2.45) is 0 Å². The van der Waals surface area contributed by atoms with Gasteiger partial charge in [0.2, 0.25) is 0 Å². The average Bonchev–Trinajstić information content (AvgIpc) is 2.83. The molecule has 0 fully saturated rings. The number of nitrogens with one attached hydrogen (secondary N) is 1. The van der Waals surface area contributed by atoms with E-state index in [0.29, 0.717) is 0 Å². The molecule has 1 aromatic heterocycles. The molecule has 0 radical (unpaired) electrons. The minimum atomic E-state index is 0.0931. The second kappa shape index (κ2) is 6.77. The van der Waals surface area contributed by atoms with E-state index in [4.69, 9.17) is 0 Å². The molecule has 4 nitrogen and oxygen atoms in total. The maximum Gasteiger partial charge on any atom is 0.253 e. The third-order valence-corrected chi connectivity index (χ3v) is 3.91. The summed E-state index contributed by atoms with van der Waals surface area (Å²) < 4.78 is 0. The van der Waals surface area contributed by atoms with Crippen molar-refractivity contribution in [3.8, 4) is 11.3 Å². The van der Waals surface area contributed by atoms with Crippen LogP contribution < -0.4 is 0 Å². The number of carbonyl (C=O) groups excluding carboxylic acids is 1. The second-order valence-electron chi connectivity index (χ2n) is 5.71. The fraction of sp³-hybridized carbons (Fsp3) is 0.444. The van der Waals surface area contributed by atoms with Crippen LogP contribution in [0, 0.1) is 20.8 Å². The normalized spacial score (nSPS) is 10.8. The molecule has 0 aliphatic heterocycles. The van der Waals surface area contributed by atoms with E-state index in [0.717, 1.165) is 53.4 Å². The van der Waals surface area contributed by atoms with Crippen molar-refractivity contribution in [2.75, 3.05) is 13.1 Å². The number of aryl methyl sites for hydroxylation is 3. The molecule has 1 heterocycles. The third-order valence-electron chi connectivity index (χ3n) is 3.91. The van der Waals surface area contributed by atoms with E-state index in [2.05, 4.69) is 23.8 Å². The molecule has 0 aliphatic rings. The molecule has 2 aromatic rings. The predicted octanol–water partition coefficient (Wildman–Crippen LogP) is 3.87. The van der Waals surface area contributed by atoms with Crippen LogP contribution in [0.2, 0.25) is 0 Å². The number of aromatic nitrogens is 2. The summed E-state index contributed by atoms with van der Waals surface area (Å²) >= 11 is 0. The van der Waals surface area contributed by atoms with Crippen LogP contribution in [-0.2, 0) is 0 Å². The summed E-state index contributed by atoms with van der Waals surface area (Å²) in [5, 5.41) is 0. The second-order valence-corrected chi connectivity index (χ2v) is 5.71. The van der Waals surface area contributed by atoms with Gasteiger partial charge in [0.25, 0.3) is 5.91 Å². The molecule has 1 aromatic carbocycles. The first-order chi connectivity index (χ1) is 10.5. The van der Waals surface area contributed by atoms with Gasteiger partial charge in [-0.2, -0.15) is 0 Å². The molecule has 4 heteroatoms. The standard InChI is InChI=1S/C18H25N3O/c1-6-10-21(7-2)18(22)15-9-8-12(3)16(11-15)17-13(4)19-14(5)20-17/h8-9,11H,6-7,10H2,1-5H3,(H,19,20). The van der Waals surface area contributed by atoms with E-state index >= 15 is 0 Å². The van der Waals surface area contributed by atoms with Gasteiger partial charge in [0.05, 0.1) is 5.69 Å². The quantitative estimate of drug-likeness (QED) is 0.911. The summed E-state index contributed by atoms with van der Waals surface area (Å²) in [5.41, 5.74) is 4.86. The first-order valence-corrected chi connectivity index (χ1v) is 7.91. The van der Waals surface area contributed by atoms with Gasteiger partial charge in [0, 0.05) is 29.9 Å². The number of carbonyl (C=O) groups is 1. The van der Waals surface area contributed by atoms with Crippen molar-refractivity contribution in [3.05, 3.63) is 40.8 Å². The molecule has 0 spiro atoms. The summed E-state index contributed by atoms with van der Waals surface area (Å²) in [6.07, 6.45) is 0.968. The zero-order valence-corrected chi connectivity index (χ0v) is 14.2. The number of aromatic amines is 1. The Balaban J connectivity index is 2.42. The number of imidazole rings is 1. The monoisotopic (exact) mass is 299 g/mol. The maximum absolute atomic E-state index is 12.6. The van der Waals surface area contributed by atoms with Gasteiger partial charge in [-0.15, -0.1) is 0 Å². The Labute approximate surface area is 132 Å². The van der Waals surface area contributed by atoms with Crippen LogP contribution in [0.15, 0.2) is 18.2 Å². The Morgan fingerprint density at radius 3 is 2.50 bits per heavy atom. The van der Waals surface area contributed by atoms with Gasteiger partial charge in [-0.05, 0) is 51.8 Å². The smallest absolute Gasteiger partial charge is 0.253 e. The Bertz CT molecular complexity index is 673. The minimum Gasteiger partial charge on any atom is -0.346 e. The summed E-state index contributed by atoms with van der Waals surface area (Å²) in [4.78, 5) is 22.3. The molecule has 0 saturated heterocycles. The van der Waals surface area contributed by atoms with Crippen LogP contribution in [0.25, 0.3) is 11.3 Å². The molecule has 1 N–H and O–H groups in total. The molecule has 0 bridgehead atoms. The number of H-pyrrole nitrogens is 1. The molecule has 0 atom stereocenters. The van der Waals surface area contributed by atoms with Crippen LogP contribution in [0.4, 0.5) is 0 Å². The highest BCUT2D eigenvalue weighted by Crippen LogP contribution is 2.26. The fourth-order valence-electron chi connectivity index (χ4n) is 2.74. The van der Waals surface area contributed by atoms with Gasteiger partial charge in [-0.3, -0.25) is 4.79 Å². The third kappa shape index (κ3) is 3.21. The molecular formula is C18H25N3O. The summed E-state index contributed by atoms with van der Waals surface area (Å²) in [6.45, 7) is 11.6. The van der Waals surface area contributed by atoms with Crippen molar-refractivity contribution in [2.45, 2.75) is 41.0 Å². The number of amides is 1. The van der Waals surface area contributed by atoms with Gasteiger partial charge in [0.15, 0.2) is 0 Å². The maximum atomic E-state index is 12.6. The molecule has 22 heavy (non-hydrogen) atoms. The van der Waals surface area contributed by atoms with Crippen LogP contribution >= 0.6 is 0 Å².